The minimum absolute atomic E-state index is 0.0770. The standard InChI is InChI=1S/C9H5Cl2F4NO/c10-4-1-5(11)3-6(2-4)16-8(17)9(14,15)7(12)13/h1-3,7H,(H,16,17). The Hall–Kier alpha value is -1.01. The number of carbonyl (C=O) groups is 1. The van der Waals surface area contributed by atoms with Gasteiger partial charge in [0.25, 0.3) is 0 Å². The molecule has 0 aliphatic rings. The van der Waals surface area contributed by atoms with Crippen LogP contribution in [-0.4, -0.2) is 18.3 Å². The number of alkyl halides is 4. The van der Waals surface area contributed by atoms with Gasteiger partial charge in [-0.05, 0) is 18.2 Å². The van der Waals surface area contributed by atoms with E-state index < -0.39 is 18.3 Å². The molecule has 0 heterocycles. The molecular formula is C9H5Cl2F4NO. The number of carbonyl (C=O) groups excluding carboxylic acids is 1. The SMILES string of the molecule is O=C(Nc1cc(Cl)cc(Cl)c1)C(F)(F)C(F)F. The first-order valence-corrected chi connectivity index (χ1v) is 4.92. The third-order valence-corrected chi connectivity index (χ3v) is 2.13. The van der Waals surface area contributed by atoms with Crippen molar-refractivity contribution in [3.05, 3.63) is 28.2 Å². The fourth-order valence-corrected chi connectivity index (χ4v) is 1.47. The molecule has 1 N–H and O–H groups in total. The summed E-state index contributed by atoms with van der Waals surface area (Å²) in [6, 6.07) is 3.50. The van der Waals surface area contributed by atoms with Crippen LogP contribution in [0.4, 0.5) is 23.2 Å². The lowest BCUT2D eigenvalue weighted by molar-refractivity contribution is -0.163. The van der Waals surface area contributed by atoms with Gasteiger partial charge in [-0.3, -0.25) is 4.79 Å². The first-order valence-electron chi connectivity index (χ1n) is 4.17. The molecule has 8 heteroatoms. The predicted molar refractivity (Wildman–Crippen MR) is 56.0 cm³/mol. The molecular weight excluding hydrogens is 285 g/mol. The maximum atomic E-state index is 12.6. The smallest absolute Gasteiger partial charge is 0.321 e. The van der Waals surface area contributed by atoms with Crippen molar-refractivity contribution < 1.29 is 22.4 Å². The van der Waals surface area contributed by atoms with E-state index in [4.69, 9.17) is 23.2 Å². The summed E-state index contributed by atoms with van der Waals surface area (Å²) in [5.41, 5.74) is -0.187. The number of amides is 1. The average Bonchev–Trinajstić information content (AvgIpc) is 2.15. The molecule has 0 spiro atoms. The lowest BCUT2D eigenvalue weighted by Gasteiger charge is -2.15. The molecule has 0 bridgehead atoms. The zero-order chi connectivity index (χ0) is 13.2. The fourth-order valence-electron chi connectivity index (χ4n) is 0.940. The van der Waals surface area contributed by atoms with Crippen LogP contribution in [0.5, 0.6) is 0 Å². The van der Waals surface area contributed by atoms with Gasteiger partial charge in [0, 0.05) is 15.7 Å². The number of hydrogen-bond donors (Lipinski definition) is 1. The highest BCUT2D eigenvalue weighted by Gasteiger charge is 2.48. The lowest BCUT2D eigenvalue weighted by Crippen LogP contribution is -2.40. The molecule has 0 fully saturated rings. The Balaban J connectivity index is 2.88. The largest absolute Gasteiger partial charge is 0.383 e. The number of benzene rings is 1. The molecule has 0 atom stereocenters. The van der Waals surface area contributed by atoms with E-state index in [2.05, 4.69) is 0 Å². The van der Waals surface area contributed by atoms with Crippen molar-refractivity contribution in [3.8, 4) is 0 Å². The summed E-state index contributed by atoms with van der Waals surface area (Å²) in [4.78, 5) is 10.9. The quantitative estimate of drug-likeness (QED) is 0.842. The van der Waals surface area contributed by atoms with Crippen molar-refractivity contribution in [2.24, 2.45) is 0 Å². The number of halogens is 6. The van der Waals surface area contributed by atoms with E-state index in [-0.39, 0.29) is 15.7 Å². The Morgan fingerprint density at radius 3 is 2.06 bits per heavy atom. The zero-order valence-corrected chi connectivity index (χ0v) is 9.50. The summed E-state index contributed by atoms with van der Waals surface area (Å²) in [7, 11) is 0. The molecule has 2 nitrogen and oxygen atoms in total. The van der Waals surface area contributed by atoms with Gasteiger partial charge >= 0.3 is 18.3 Å². The van der Waals surface area contributed by atoms with Crippen molar-refractivity contribution in [1.29, 1.82) is 0 Å². The molecule has 1 amide bonds. The molecule has 1 rings (SSSR count). The van der Waals surface area contributed by atoms with E-state index in [1.165, 1.54) is 6.07 Å². The number of rotatable bonds is 3. The molecule has 1 aromatic carbocycles. The summed E-state index contributed by atoms with van der Waals surface area (Å²) in [6.07, 6.45) is -4.09. The lowest BCUT2D eigenvalue weighted by atomic mass is 10.2. The highest BCUT2D eigenvalue weighted by atomic mass is 35.5. The second kappa shape index (κ2) is 5.10. The Kier molecular flexibility index (Phi) is 4.21. The summed E-state index contributed by atoms with van der Waals surface area (Å²) in [5, 5.41) is 1.76. The van der Waals surface area contributed by atoms with Crippen LogP contribution in [0, 0.1) is 0 Å². The van der Waals surface area contributed by atoms with E-state index in [1.54, 1.807) is 5.32 Å². The summed E-state index contributed by atoms with van der Waals surface area (Å²) in [6.45, 7) is 0. The third-order valence-electron chi connectivity index (χ3n) is 1.70. The van der Waals surface area contributed by atoms with Crippen molar-refractivity contribution in [1.82, 2.24) is 0 Å². The number of anilines is 1. The van der Waals surface area contributed by atoms with Crippen molar-refractivity contribution in [2.45, 2.75) is 12.3 Å². The molecule has 0 saturated heterocycles. The van der Waals surface area contributed by atoms with Crippen molar-refractivity contribution in [2.75, 3.05) is 5.32 Å². The molecule has 0 aromatic heterocycles. The second-order valence-corrected chi connectivity index (χ2v) is 3.91. The first kappa shape index (κ1) is 14.1. The third kappa shape index (κ3) is 3.47. The summed E-state index contributed by atoms with van der Waals surface area (Å²) < 4.78 is 48.9. The molecule has 0 radical (unpaired) electrons. The van der Waals surface area contributed by atoms with Gasteiger partial charge < -0.3 is 5.32 Å². The van der Waals surface area contributed by atoms with Crippen molar-refractivity contribution >= 4 is 34.8 Å². The van der Waals surface area contributed by atoms with Crippen LogP contribution in [0.3, 0.4) is 0 Å². The maximum Gasteiger partial charge on any atom is 0.383 e. The Labute approximate surface area is 104 Å². The summed E-state index contributed by atoms with van der Waals surface area (Å²) >= 11 is 11.1. The Morgan fingerprint density at radius 2 is 1.65 bits per heavy atom. The van der Waals surface area contributed by atoms with Crippen LogP contribution in [0.1, 0.15) is 0 Å². The van der Waals surface area contributed by atoms with E-state index >= 15 is 0 Å². The van der Waals surface area contributed by atoms with Gasteiger partial charge in [-0.25, -0.2) is 8.78 Å². The van der Waals surface area contributed by atoms with Crippen molar-refractivity contribution in [3.63, 3.8) is 0 Å². The number of nitrogens with one attached hydrogen (secondary N) is 1. The van der Waals surface area contributed by atoms with Crippen LogP contribution < -0.4 is 5.32 Å². The Morgan fingerprint density at radius 1 is 1.18 bits per heavy atom. The van der Waals surface area contributed by atoms with Crippen LogP contribution in [0.2, 0.25) is 10.0 Å². The average molecular weight is 290 g/mol. The molecule has 0 unspecified atom stereocenters. The normalized spacial score (nSPS) is 11.7. The van der Waals surface area contributed by atoms with Gasteiger partial charge in [0.2, 0.25) is 0 Å². The fraction of sp³-hybridized carbons (Fsp3) is 0.222. The van der Waals surface area contributed by atoms with Crippen LogP contribution in [0.25, 0.3) is 0 Å². The van der Waals surface area contributed by atoms with Gasteiger partial charge in [0.05, 0.1) is 0 Å². The van der Waals surface area contributed by atoms with E-state index in [1.807, 2.05) is 0 Å². The van der Waals surface area contributed by atoms with E-state index in [0.717, 1.165) is 12.1 Å². The minimum Gasteiger partial charge on any atom is -0.321 e. The molecule has 0 aliphatic carbocycles. The highest BCUT2D eigenvalue weighted by molar-refractivity contribution is 6.35. The predicted octanol–water partition coefficient (Wildman–Crippen LogP) is 3.83. The zero-order valence-electron chi connectivity index (χ0n) is 7.99. The van der Waals surface area contributed by atoms with Crippen LogP contribution >= 0.6 is 23.2 Å². The van der Waals surface area contributed by atoms with Gasteiger partial charge in [0.1, 0.15) is 0 Å². The van der Waals surface area contributed by atoms with Gasteiger partial charge in [-0.2, -0.15) is 8.78 Å². The second-order valence-electron chi connectivity index (χ2n) is 3.04. The van der Waals surface area contributed by atoms with E-state index in [0.29, 0.717) is 0 Å². The molecule has 0 aliphatic heterocycles. The molecule has 17 heavy (non-hydrogen) atoms. The minimum atomic E-state index is -4.77. The molecule has 1 aromatic rings. The molecule has 94 valence electrons. The first-order chi connectivity index (χ1) is 7.73. The molecule has 0 saturated carbocycles. The van der Waals surface area contributed by atoms with Gasteiger partial charge in [-0.15, -0.1) is 0 Å². The maximum absolute atomic E-state index is 12.6. The Bertz CT molecular complexity index is 419. The van der Waals surface area contributed by atoms with Gasteiger partial charge in [-0.1, -0.05) is 23.2 Å². The van der Waals surface area contributed by atoms with Gasteiger partial charge in [0.15, 0.2) is 0 Å². The topological polar surface area (TPSA) is 29.1 Å². The number of hydrogen-bond acceptors (Lipinski definition) is 1. The monoisotopic (exact) mass is 289 g/mol. The van der Waals surface area contributed by atoms with Crippen LogP contribution in [-0.2, 0) is 4.79 Å². The van der Waals surface area contributed by atoms with E-state index in [9.17, 15) is 22.4 Å². The summed E-state index contributed by atoms with van der Waals surface area (Å²) in [5.74, 6) is -6.89. The highest BCUT2D eigenvalue weighted by Crippen LogP contribution is 2.27. The van der Waals surface area contributed by atoms with Crippen LogP contribution in [0.15, 0.2) is 18.2 Å².